The van der Waals surface area contributed by atoms with Crippen LogP contribution in [-0.4, -0.2) is 74.4 Å². The van der Waals surface area contributed by atoms with Crippen molar-refractivity contribution in [3.63, 3.8) is 0 Å². The minimum absolute atomic E-state index is 0.0764. The summed E-state index contributed by atoms with van der Waals surface area (Å²) in [6.45, 7) is 7.20. The van der Waals surface area contributed by atoms with Gasteiger partial charge < -0.3 is 33.7 Å². The lowest BCUT2D eigenvalue weighted by molar-refractivity contribution is -0.227. The monoisotopic (exact) mass is 522 g/mol. The smallest absolute Gasteiger partial charge is 0.332 e. The summed E-state index contributed by atoms with van der Waals surface area (Å²) < 4.78 is 33.5. The summed E-state index contributed by atoms with van der Waals surface area (Å²) in [5.41, 5.74) is 9.17. The quantitative estimate of drug-likeness (QED) is 0.199. The molecule has 2 rings (SSSR count). The molecule has 1 amide bonds. The molecular formula is C24H34N4O9. The van der Waals surface area contributed by atoms with Crippen LogP contribution in [0.15, 0.2) is 29.4 Å². The number of benzene rings is 1. The van der Waals surface area contributed by atoms with E-state index < -0.39 is 60.6 Å². The third-order valence-corrected chi connectivity index (χ3v) is 5.03. The molecule has 37 heavy (non-hydrogen) atoms. The lowest BCUT2D eigenvalue weighted by atomic mass is 9.95. The number of rotatable bonds is 11. The molecule has 2 unspecified atom stereocenters. The zero-order valence-corrected chi connectivity index (χ0v) is 21.8. The second-order valence-electron chi connectivity index (χ2n) is 9.30. The van der Waals surface area contributed by atoms with Gasteiger partial charge in [0.2, 0.25) is 5.91 Å². The number of methoxy groups -OCH3 is 1. The summed E-state index contributed by atoms with van der Waals surface area (Å²) in [6.07, 6.45) is -4.42. The predicted octanol–water partition coefficient (Wildman–Crippen LogP) is 2.41. The third-order valence-electron chi connectivity index (χ3n) is 5.03. The third kappa shape index (κ3) is 9.89. The molecule has 1 aliphatic rings. The largest absolute Gasteiger partial charge is 0.497 e. The Morgan fingerprint density at radius 1 is 1.14 bits per heavy atom. The van der Waals surface area contributed by atoms with Crippen molar-refractivity contribution in [3.05, 3.63) is 40.3 Å². The number of nitrogens with one attached hydrogen (secondary N) is 1. The average molecular weight is 523 g/mol. The van der Waals surface area contributed by atoms with Gasteiger partial charge in [-0.3, -0.25) is 9.59 Å². The fourth-order valence-electron chi connectivity index (χ4n) is 3.68. The van der Waals surface area contributed by atoms with E-state index in [-0.39, 0.29) is 13.2 Å². The lowest BCUT2D eigenvalue weighted by Gasteiger charge is -2.44. The number of carbonyl (C=O) groups is 3. The van der Waals surface area contributed by atoms with E-state index in [1.807, 2.05) is 12.1 Å². The van der Waals surface area contributed by atoms with E-state index in [2.05, 4.69) is 15.3 Å². The van der Waals surface area contributed by atoms with Crippen LogP contribution in [0.4, 0.5) is 0 Å². The molecule has 0 saturated carbocycles. The van der Waals surface area contributed by atoms with Crippen molar-refractivity contribution in [1.29, 1.82) is 0 Å². The van der Waals surface area contributed by atoms with Crippen LogP contribution in [0.25, 0.3) is 10.4 Å². The highest BCUT2D eigenvalue weighted by Crippen LogP contribution is 2.28. The highest BCUT2D eigenvalue weighted by Gasteiger charge is 2.49. The molecule has 13 nitrogen and oxygen atoms in total. The van der Waals surface area contributed by atoms with Crippen molar-refractivity contribution in [1.82, 2.24) is 5.32 Å². The summed E-state index contributed by atoms with van der Waals surface area (Å²) >= 11 is 0. The van der Waals surface area contributed by atoms with E-state index in [0.717, 1.165) is 5.56 Å². The molecule has 1 N–H and O–H groups in total. The number of amides is 1. The average Bonchev–Trinajstić information content (AvgIpc) is 2.79. The first kappa shape index (κ1) is 29.8. The molecule has 1 aromatic rings. The van der Waals surface area contributed by atoms with Gasteiger partial charge in [-0.25, -0.2) is 4.79 Å². The summed E-state index contributed by atoms with van der Waals surface area (Å²) in [6, 6.07) is 6.14. The van der Waals surface area contributed by atoms with Gasteiger partial charge in [-0.05, 0) is 44.0 Å². The van der Waals surface area contributed by atoms with Crippen LogP contribution >= 0.6 is 0 Å². The number of azide groups is 1. The Bertz CT molecular complexity index is 973. The van der Waals surface area contributed by atoms with Crippen molar-refractivity contribution in [3.8, 4) is 5.75 Å². The molecule has 1 fully saturated rings. The number of hydrogen-bond donors (Lipinski definition) is 1. The maximum Gasteiger partial charge on any atom is 0.332 e. The van der Waals surface area contributed by atoms with Crippen LogP contribution in [0.5, 0.6) is 5.75 Å². The van der Waals surface area contributed by atoms with Gasteiger partial charge in [0.05, 0.1) is 20.3 Å². The van der Waals surface area contributed by atoms with Crippen LogP contribution in [0.2, 0.25) is 0 Å². The Labute approximate surface area is 215 Å². The van der Waals surface area contributed by atoms with E-state index in [0.29, 0.717) is 5.75 Å². The van der Waals surface area contributed by atoms with Gasteiger partial charge in [-0.1, -0.05) is 17.2 Å². The predicted molar refractivity (Wildman–Crippen MR) is 129 cm³/mol. The van der Waals surface area contributed by atoms with E-state index in [1.54, 1.807) is 40.0 Å². The zero-order chi connectivity index (χ0) is 27.6. The molecule has 0 spiro atoms. The highest BCUT2D eigenvalue weighted by molar-refractivity contribution is 5.73. The van der Waals surface area contributed by atoms with Gasteiger partial charge in [0.15, 0.2) is 12.3 Å². The van der Waals surface area contributed by atoms with Gasteiger partial charge in [-0.2, -0.15) is 0 Å². The van der Waals surface area contributed by atoms with Gasteiger partial charge in [0.1, 0.15) is 36.2 Å². The van der Waals surface area contributed by atoms with Crippen LogP contribution < -0.4 is 10.1 Å². The molecule has 1 aliphatic heterocycles. The van der Waals surface area contributed by atoms with E-state index >= 15 is 0 Å². The first-order chi connectivity index (χ1) is 17.4. The Morgan fingerprint density at radius 3 is 2.35 bits per heavy atom. The highest BCUT2D eigenvalue weighted by atomic mass is 16.6. The molecule has 1 saturated heterocycles. The van der Waals surface area contributed by atoms with E-state index in [1.165, 1.54) is 13.8 Å². The summed E-state index contributed by atoms with van der Waals surface area (Å²) in [5.74, 6) is -1.12. The first-order valence-corrected chi connectivity index (χ1v) is 11.6. The summed E-state index contributed by atoms with van der Waals surface area (Å²) in [5, 5.41) is 6.21. The first-order valence-electron chi connectivity index (χ1n) is 11.6. The normalized spacial score (nSPS) is 23.4. The van der Waals surface area contributed by atoms with Crippen molar-refractivity contribution < 1.29 is 42.8 Å². The topological polar surface area (TPSA) is 167 Å². The number of ether oxygens (including phenoxy) is 6. The van der Waals surface area contributed by atoms with Crippen molar-refractivity contribution >= 4 is 17.8 Å². The van der Waals surface area contributed by atoms with Crippen molar-refractivity contribution in [2.24, 2.45) is 5.11 Å². The van der Waals surface area contributed by atoms with Crippen LogP contribution in [0.3, 0.4) is 0 Å². The minimum atomic E-state index is -1.24. The van der Waals surface area contributed by atoms with E-state index in [9.17, 15) is 14.4 Å². The number of esters is 2. The van der Waals surface area contributed by atoms with Crippen LogP contribution in [-0.2, 0) is 44.7 Å². The molecule has 0 aromatic heterocycles. The lowest BCUT2D eigenvalue weighted by Crippen LogP contribution is -2.65. The fourth-order valence-corrected chi connectivity index (χ4v) is 3.68. The van der Waals surface area contributed by atoms with Crippen LogP contribution in [0, 0.1) is 0 Å². The molecular weight excluding hydrogens is 488 g/mol. The molecule has 0 bridgehead atoms. The second-order valence-corrected chi connectivity index (χ2v) is 9.30. The van der Waals surface area contributed by atoms with Crippen molar-refractivity contribution in [2.45, 2.75) is 77.4 Å². The molecule has 1 aromatic carbocycles. The SMILES string of the molecule is COc1ccc(COCC2O[C@@H](N=[N+]=[N-])C(NC(C)=O)[C@@H](OC(C)=O)[C@@H]2OCC(=O)OC(C)(C)C)cc1. The van der Waals surface area contributed by atoms with Gasteiger partial charge in [0, 0.05) is 18.8 Å². The second kappa shape index (κ2) is 13.8. The molecule has 5 atom stereocenters. The number of carbonyl (C=O) groups excluding carboxylic acids is 3. The van der Waals surface area contributed by atoms with Crippen molar-refractivity contribution in [2.75, 3.05) is 20.3 Å². The minimum Gasteiger partial charge on any atom is -0.497 e. The summed E-state index contributed by atoms with van der Waals surface area (Å²) in [7, 11) is 1.57. The maximum atomic E-state index is 12.3. The molecule has 204 valence electrons. The fraction of sp³-hybridized carbons (Fsp3) is 0.625. The Kier molecular flexibility index (Phi) is 11.1. The molecule has 1 heterocycles. The summed E-state index contributed by atoms with van der Waals surface area (Å²) in [4.78, 5) is 39.0. The molecule has 0 aliphatic carbocycles. The van der Waals surface area contributed by atoms with E-state index in [4.69, 9.17) is 34.0 Å². The maximum absolute atomic E-state index is 12.3. The van der Waals surface area contributed by atoms with Crippen LogP contribution in [0.1, 0.15) is 40.2 Å². The number of nitrogens with zero attached hydrogens (tertiary/aromatic N) is 3. The van der Waals surface area contributed by atoms with Gasteiger partial charge >= 0.3 is 11.9 Å². The Balaban J connectivity index is 2.28. The molecule has 13 heteroatoms. The standard InChI is InChI=1S/C24H34N4O9/c1-14(29)26-20-22(35-15(2)30)21(34-13-19(31)37-24(3,4)5)18(36-23(20)27-28-25)12-33-11-16-7-9-17(32-6)10-8-16/h7-10,18,20-23H,11-13H2,1-6H3,(H,26,29)/t18?,20?,21-,22-,23-/m1/s1. The zero-order valence-electron chi connectivity index (χ0n) is 21.8. The molecule has 0 radical (unpaired) electrons. The Hall–Kier alpha value is -3.38. The van der Waals surface area contributed by atoms with Gasteiger partial charge in [0.25, 0.3) is 0 Å². The number of hydrogen-bond acceptors (Lipinski definition) is 10. The van der Waals surface area contributed by atoms with Gasteiger partial charge in [-0.15, -0.1) is 0 Å². The Morgan fingerprint density at radius 2 is 1.81 bits per heavy atom.